The molecule has 0 atom stereocenters. The summed E-state index contributed by atoms with van der Waals surface area (Å²) in [6.45, 7) is 8.45. The van der Waals surface area contributed by atoms with Gasteiger partial charge in [0.15, 0.2) is 5.11 Å². The van der Waals surface area contributed by atoms with Crippen molar-refractivity contribution in [1.82, 2.24) is 4.90 Å². The molecule has 1 heterocycles. The minimum absolute atomic E-state index is 0.00641. The first kappa shape index (κ1) is 13.7. The molecule has 1 saturated heterocycles. The Balaban J connectivity index is 2.54. The molecule has 0 saturated carbocycles. The van der Waals surface area contributed by atoms with Crippen LogP contribution in [-0.2, 0) is 4.79 Å². The summed E-state index contributed by atoms with van der Waals surface area (Å²) in [6, 6.07) is 8.05. The van der Waals surface area contributed by atoms with Crippen LogP contribution in [0, 0.1) is 6.92 Å². The summed E-state index contributed by atoms with van der Waals surface area (Å²) in [6.07, 6.45) is 0. The number of hydrogen-bond donors (Lipinski definition) is 0. The molecule has 0 spiro atoms. The van der Waals surface area contributed by atoms with E-state index < -0.39 is 0 Å². The van der Waals surface area contributed by atoms with Crippen molar-refractivity contribution in [2.75, 3.05) is 11.4 Å². The molecule has 100 valence electrons. The summed E-state index contributed by atoms with van der Waals surface area (Å²) in [4.78, 5) is 15.9. The zero-order valence-electron chi connectivity index (χ0n) is 11.7. The van der Waals surface area contributed by atoms with Crippen LogP contribution in [0.25, 0.3) is 0 Å². The Hall–Kier alpha value is -1.68. The number of carbonyl (C=O) groups is 1. The smallest absolute Gasteiger partial charge is 0.277 e. The lowest BCUT2D eigenvalue weighted by Crippen LogP contribution is -2.32. The number of amides is 1. The maximum Gasteiger partial charge on any atom is 0.277 e. The van der Waals surface area contributed by atoms with E-state index in [9.17, 15) is 4.79 Å². The van der Waals surface area contributed by atoms with Gasteiger partial charge in [-0.2, -0.15) is 0 Å². The Morgan fingerprint density at radius 1 is 1.21 bits per heavy atom. The third-order valence-electron chi connectivity index (χ3n) is 3.18. The van der Waals surface area contributed by atoms with Crippen molar-refractivity contribution in [2.45, 2.75) is 27.7 Å². The average Bonchev–Trinajstić information content (AvgIpc) is 2.61. The standard InChI is InChI=1S/C15H18N2OS/c1-5-16-14(18)13(10(2)3)17(15(16)19)12-8-6-11(4)7-9-12/h6-9H,5H2,1-4H3. The largest absolute Gasteiger partial charge is 0.283 e. The van der Waals surface area contributed by atoms with Crippen LogP contribution >= 0.6 is 12.2 Å². The molecule has 3 nitrogen and oxygen atoms in total. The lowest BCUT2D eigenvalue weighted by molar-refractivity contribution is -0.122. The van der Waals surface area contributed by atoms with Gasteiger partial charge in [0.2, 0.25) is 0 Å². The first-order chi connectivity index (χ1) is 8.97. The highest BCUT2D eigenvalue weighted by atomic mass is 32.1. The highest BCUT2D eigenvalue weighted by Crippen LogP contribution is 2.30. The van der Waals surface area contributed by atoms with Gasteiger partial charge in [-0.25, -0.2) is 0 Å². The van der Waals surface area contributed by atoms with Crippen LogP contribution in [0.3, 0.4) is 0 Å². The van der Waals surface area contributed by atoms with Gasteiger partial charge in [-0.1, -0.05) is 17.7 Å². The molecule has 0 bridgehead atoms. The summed E-state index contributed by atoms with van der Waals surface area (Å²) >= 11 is 5.45. The van der Waals surface area contributed by atoms with Gasteiger partial charge in [0, 0.05) is 12.2 Å². The highest BCUT2D eigenvalue weighted by Gasteiger charge is 2.38. The van der Waals surface area contributed by atoms with Gasteiger partial charge >= 0.3 is 0 Å². The summed E-state index contributed by atoms with van der Waals surface area (Å²) in [5, 5.41) is 0.563. The van der Waals surface area contributed by atoms with Crippen LogP contribution in [0.1, 0.15) is 26.3 Å². The Morgan fingerprint density at radius 3 is 2.26 bits per heavy atom. The van der Waals surface area contributed by atoms with E-state index in [0.717, 1.165) is 11.3 Å². The molecule has 0 aliphatic carbocycles. The molecule has 0 radical (unpaired) electrons. The number of rotatable bonds is 2. The van der Waals surface area contributed by atoms with Gasteiger partial charge in [0.05, 0.1) is 0 Å². The van der Waals surface area contributed by atoms with Crippen molar-refractivity contribution < 1.29 is 4.79 Å². The Morgan fingerprint density at radius 2 is 1.79 bits per heavy atom. The number of likely N-dealkylation sites (N-methyl/N-ethyl adjacent to an activating group) is 1. The van der Waals surface area contributed by atoms with Crippen LogP contribution in [0.15, 0.2) is 35.5 Å². The second-order valence-corrected chi connectivity index (χ2v) is 5.22. The fourth-order valence-electron chi connectivity index (χ4n) is 2.18. The number of nitrogens with zero attached hydrogens (tertiary/aromatic N) is 2. The molecule has 1 fully saturated rings. The molecular formula is C15H18N2OS. The third kappa shape index (κ3) is 2.28. The van der Waals surface area contributed by atoms with E-state index in [1.807, 2.05) is 56.9 Å². The van der Waals surface area contributed by atoms with E-state index in [-0.39, 0.29) is 5.91 Å². The molecule has 0 aromatic heterocycles. The molecule has 19 heavy (non-hydrogen) atoms. The highest BCUT2D eigenvalue weighted by molar-refractivity contribution is 7.80. The predicted molar refractivity (Wildman–Crippen MR) is 82.0 cm³/mol. The molecule has 4 heteroatoms. The van der Waals surface area contributed by atoms with Gasteiger partial charge in [0.1, 0.15) is 5.70 Å². The van der Waals surface area contributed by atoms with Gasteiger partial charge in [-0.15, -0.1) is 0 Å². The number of thiocarbonyl (C=S) groups is 1. The van der Waals surface area contributed by atoms with E-state index in [1.54, 1.807) is 4.90 Å². The summed E-state index contributed by atoms with van der Waals surface area (Å²) in [7, 11) is 0. The first-order valence-electron chi connectivity index (χ1n) is 6.37. The Kier molecular flexibility index (Phi) is 3.71. The van der Waals surface area contributed by atoms with E-state index in [2.05, 4.69) is 0 Å². The zero-order valence-corrected chi connectivity index (χ0v) is 12.5. The van der Waals surface area contributed by atoms with Crippen molar-refractivity contribution in [1.29, 1.82) is 0 Å². The summed E-state index contributed by atoms with van der Waals surface area (Å²) < 4.78 is 0. The molecule has 0 N–H and O–H groups in total. The Bertz CT molecular complexity index is 556. The number of carbonyl (C=O) groups excluding carboxylic acids is 1. The van der Waals surface area contributed by atoms with Crippen LogP contribution in [0.5, 0.6) is 0 Å². The molecule has 1 aromatic rings. The molecule has 1 amide bonds. The van der Waals surface area contributed by atoms with Crippen LogP contribution in [0.4, 0.5) is 5.69 Å². The minimum Gasteiger partial charge on any atom is -0.283 e. The van der Waals surface area contributed by atoms with Crippen LogP contribution in [-0.4, -0.2) is 22.5 Å². The van der Waals surface area contributed by atoms with Gasteiger partial charge in [-0.3, -0.25) is 14.6 Å². The monoisotopic (exact) mass is 274 g/mol. The topological polar surface area (TPSA) is 23.6 Å². The third-order valence-corrected chi connectivity index (χ3v) is 3.58. The molecule has 1 aliphatic heterocycles. The van der Waals surface area contributed by atoms with Crippen molar-refractivity contribution in [3.8, 4) is 0 Å². The lowest BCUT2D eigenvalue weighted by Gasteiger charge is -2.20. The molecule has 1 aromatic carbocycles. The zero-order chi connectivity index (χ0) is 14.2. The summed E-state index contributed by atoms with van der Waals surface area (Å²) in [5.74, 6) is -0.00641. The number of aryl methyl sites for hydroxylation is 1. The first-order valence-corrected chi connectivity index (χ1v) is 6.78. The second-order valence-electron chi connectivity index (χ2n) is 4.85. The van der Waals surface area contributed by atoms with Gasteiger partial charge < -0.3 is 0 Å². The molecule has 2 rings (SSSR count). The number of anilines is 1. The molecule has 1 aliphatic rings. The molecular weight excluding hydrogens is 256 g/mol. The number of hydrogen-bond acceptors (Lipinski definition) is 2. The quantitative estimate of drug-likeness (QED) is 0.611. The van der Waals surface area contributed by atoms with E-state index in [0.29, 0.717) is 17.4 Å². The van der Waals surface area contributed by atoms with Crippen molar-refractivity contribution >= 4 is 28.9 Å². The van der Waals surface area contributed by atoms with Gasteiger partial charge in [0.25, 0.3) is 5.91 Å². The maximum absolute atomic E-state index is 12.4. The van der Waals surface area contributed by atoms with Crippen molar-refractivity contribution in [2.24, 2.45) is 0 Å². The maximum atomic E-state index is 12.4. The number of benzene rings is 1. The van der Waals surface area contributed by atoms with E-state index in [4.69, 9.17) is 12.2 Å². The number of allylic oxidation sites excluding steroid dienone is 1. The van der Waals surface area contributed by atoms with Crippen LogP contribution in [0.2, 0.25) is 0 Å². The van der Waals surface area contributed by atoms with Crippen LogP contribution < -0.4 is 4.90 Å². The fraction of sp³-hybridized carbons (Fsp3) is 0.333. The fourth-order valence-corrected chi connectivity index (χ4v) is 2.59. The Labute approximate surface area is 119 Å². The summed E-state index contributed by atoms with van der Waals surface area (Å²) in [5.41, 5.74) is 3.78. The molecule has 0 unspecified atom stereocenters. The second kappa shape index (κ2) is 5.13. The van der Waals surface area contributed by atoms with Crippen molar-refractivity contribution in [3.05, 3.63) is 41.1 Å². The predicted octanol–water partition coefficient (Wildman–Crippen LogP) is 3.24. The normalized spacial score (nSPS) is 15.5. The SMILES string of the molecule is CCN1C(=O)C(=C(C)C)N(c2ccc(C)cc2)C1=S. The van der Waals surface area contributed by atoms with E-state index >= 15 is 0 Å². The minimum atomic E-state index is -0.00641. The van der Waals surface area contributed by atoms with E-state index in [1.165, 1.54) is 5.56 Å². The average molecular weight is 274 g/mol. The van der Waals surface area contributed by atoms with Gasteiger partial charge in [-0.05, 0) is 57.6 Å². The van der Waals surface area contributed by atoms with Crippen molar-refractivity contribution in [3.63, 3.8) is 0 Å². The lowest BCUT2D eigenvalue weighted by atomic mass is 10.2.